The van der Waals surface area contributed by atoms with Crippen LogP contribution < -0.4 is 5.73 Å². The number of carbonyl (C=O) groups is 1. The summed E-state index contributed by atoms with van der Waals surface area (Å²) in [6, 6.07) is 0. The molecule has 1 rings (SSSR count). The summed E-state index contributed by atoms with van der Waals surface area (Å²) in [5.41, 5.74) is 5.83. The van der Waals surface area contributed by atoms with Crippen LogP contribution in [0.3, 0.4) is 0 Å². The van der Waals surface area contributed by atoms with E-state index in [0.717, 1.165) is 19.5 Å². The molecule has 94 valence electrons. The first-order valence-electron chi connectivity index (χ1n) is 6.31. The molecule has 16 heavy (non-hydrogen) atoms. The second-order valence-corrected chi connectivity index (χ2v) is 6.34. The van der Waals surface area contributed by atoms with Crippen LogP contribution >= 0.6 is 0 Å². The van der Waals surface area contributed by atoms with Crippen molar-refractivity contribution in [2.75, 3.05) is 19.6 Å². The molecule has 3 heteroatoms. The van der Waals surface area contributed by atoms with Crippen LogP contribution in [-0.4, -0.2) is 30.4 Å². The summed E-state index contributed by atoms with van der Waals surface area (Å²) in [7, 11) is 0. The molecular weight excluding hydrogens is 200 g/mol. The Labute approximate surface area is 99.4 Å². The van der Waals surface area contributed by atoms with E-state index in [0.29, 0.717) is 24.8 Å². The summed E-state index contributed by atoms with van der Waals surface area (Å²) in [5.74, 6) is 1.43. The van der Waals surface area contributed by atoms with E-state index < -0.39 is 0 Å². The van der Waals surface area contributed by atoms with Crippen molar-refractivity contribution in [3.63, 3.8) is 0 Å². The first-order chi connectivity index (χ1) is 7.33. The van der Waals surface area contributed by atoms with Crippen molar-refractivity contribution in [2.24, 2.45) is 23.0 Å². The number of hydrogen-bond donors (Lipinski definition) is 1. The van der Waals surface area contributed by atoms with Gasteiger partial charge in [-0.15, -0.1) is 0 Å². The maximum Gasteiger partial charge on any atom is 0.223 e. The smallest absolute Gasteiger partial charge is 0.223 e. The summed E-state index contributed by atoms with van der Waals surface area (Å²) in [5, 5.41) is 0. The lowest BCUT2D eigenvalue weighted by Gasteiger charge is -2.37. The molecule has 1 fully saturated rings. The lowest BCUT2D eigenvalue weighted by Crippen LogP contribution is -2.46. The molecule has 0 aromatic heterocycles. The third kappa shape index (κ3) is 3.78. The Morgan fingerprint density at radius 3 is 2.56 bits per heavy atom. The van der Waals surface area contributed by atoms with E-state index in [2.05, 4.69) is 27.7 Å². The van der Waals surface area contributed by atoms with E-state index in [-0.39, 0.29) is 11.3 Å². The molecule has 0 radical (unpaired) electrons. The van der Waals surface area contributed by atoms with Gasteiger partial charge in [-0.1, -0.05) is 27.7 Å². The van der Waals surface area contributed by atoms with E-state index >= 15 is 0 Å². The summed E-state index contributed by atoms with van der Waals surface area (Å²) in [4.78, 5) is 14.1. The lowest BCUT2D eigenvalue weighted by molar-refractivity contribution is -0.135. The third-order valence-corrected chi connectivity index (χ3v) is 3.45. The number of rotatable bonds is 2. The van der Waals surface area contributed by atoms with Crippen LogP contribution in [0.25, 0.3) is 0 Å². The van der Waals surface area contributed by atoms with Crippen LogP contribution in [0.1, 0.15) is 40.5 Å². The Kier molecular flexibility index (Phi) is 4.36. The van der Waals surface area contributed by atoms with E-state index in [1.807, 2.05) is 4.90 Å². The number of hydrogen-bond acceptors (Lipinski definition) is 2. The molecule has 0 aromatic carbocycles. The van der Waals surface area contributed by atoms with E-state index in [4.69, 9.17) is 5.73 Å². The zero-order valence-corrected chi connectivity index (χ0v) is 11.1. The fourth-order valence-corrected chi connectivity index (χ4v) is 2.25. The van der Waals surface area contributed by atoms with E-state index in [9.17, 15) is 4.79 Å². The van der Waals surface area contributed by atoms with Gasteiger partial charge >= 0.3 is 0 Å². The van der Waals surface area contributed by atoms with Crippen LogP contribution in [0, 0.1) is 17.3 Å². The Bertz CT molecular complexity index is 245. The monoisotopic (exact) mass is 226 g/mol. The number of nitrogens with two attached hydrogens (primary N) is 1. The normalized spacial score (nSPS) is 26.9. The highest BCUT2D eigenvalue weighted by molar-refractivity contribution is 5.76. The van der Waals surface area contributed by atoms with Gasteiger partial charge in [-0.3, -0.25) is 4.79 Å². The van der Waals surface area contributed by atoms with Crippen LogP contribution in [0.5, 0.6) is 0 Å². The van der Waals surface area contributed by atoms with Gasteiger partial charge in [0.25, 0.3) is 0 Å². The molecule has 1 amide bonds. The molecule has 0 bridgehead atoms. The summed E-state index contributed by atoms with van der Waals surface area (Å²) < 4.78 is 0. The van der Waals surface area contributed by atoms with Crippen molar-refractivity contribution in [1.82, 2.24) is 4.90 Å². The Morgan fingerprint density at radius 2 is 2.06 bits per heavy atom. The van der Waals surface area contributed by atoms with Gasteiger partial charge in [0.15, 0.2) is 0 Å². The number of carbonyl (C=O) groups excluding carboxylic acids is 1. The minimum atomic E-state index is 0.0817. The van der Waals surface area contributed by atoms with Crippen molar-refractivity contribution < 1.29 is 4.79 Å². The molecule has 0 saturated carbocycles. The summed E-state index contributed by atoms with van der Waals surface area (Å²) in [6.45, 7) is 11.0. The zero-order valence-electron chi connectivity index (χ0n) is 11.1. The molecular formula is C13H26N2O. The number of piperidine rings is 1. The highest BCUT2D eigenvalue weighted by atomic mass is 16.2. The van der Waals surface area contributed by atoms with Crippen molar-refractivity contribution >= 4 is 5.91 Å². The van der Waals surface area contributed by atoms with Crippen molar-refractivity contribution in [3.05, 3.63) is 0 Å². The fraction of sp³-hybridized carbons (Fsp3) is 0.923. The first-order valence-corrected chi connectivity index (χ1v) is 6.31. The average molecular weight is 226 g/mol. The van der Waals surface area contributed by atoms with Gasteiger partial charge in [0.1, 0.15) is 0 Å². The van der Waals surface area contributed by atoms with Crippen LogP contribution in [-0.2, 0) is 4.79 Å². The molecule has 2 unspecified atom stereocenters. The predicted octanol–water partition coefficient (Wildman–Crippen LogP) is 1.87. The van der Waals surface area contributed by atoms with Crippen molar-refractivity contribution in [2.45, 2.75) is 40.5 Å². The Morgan fingerprint density at radius 1 is 1.44 bits per heavy atom. The maximum absolute atomic E-state index is 12.1. The van der Waals surface area contributed by atoms with Crippen molar-refractivity contribution in [1.29, 1.82) is 0 Å². The third-order valence-electron chi connectivity index (χ3n) is 3.45. The summed E-state index contributed by atoms with van der Waals surface area (Å²) in [6.07, 6.45) is 1.73. The summed E-state index contributed by atoms with van der Waals surface area (Å²) >= 11 is 0. The van der Waals surface area contributed by atoms with E-state index in [1.165, 1.54) is 0 Å². The van der Waals surface area contributed by atoms with Gasteiger partial charge in [0.05, 0.1) is 0 Å². The topological polar surface area (TPSA) is 46.3 Å². The molecule has 2 N–H and O–H groups in total. The lowest BCUT2D eigenvalue weighted by atomic mass is 9.86. The predicted molar refractivity (Wildman–Crippen MR) is 67.0 cm³/mol. The van der Waals surface area contributed by atoms with Crippen LogP contribution in [0.15, 0.2) is 0 Å². The highest BCUT2D eigenvalue weighted by Crippen LogP contribution is 2.25. The van der Waals surface area contributed by atoms with Gasteiger partial charge < -0.3 is 10.6 Å². The van der Waals surface area contributed by atoms with Gasteiger partial charge in [0, 0.05) is 19.5 Å². The molecule has 3 nitrogen and oxygen atoms in total. The molecule has 2 atom stereocenters. The molecule has 1 aliphatic rings. The SMILES string of the molecule is CC1CCN(C(=O)CC(C)(C)C)CC1CN. The quantitative estimate of drug-likeness (QED) is 0.781. The molecule has 1 aliphatic heterocycles. The van der Waals surface area contributed by atoms with Gasteiger partial charge in [0.2, 0.25) is 5.91 Å². The number of amides is 1. The Hall–Kier alpha value is -0.570. The minimum absolute atomic E-state index is 0.0817. The number of nitrogens with zero attached hydrogens (tertiary/aromatic N) is 1. The van der Waals surface area contributed by atoms with Gasteiger partial charge in [-0.25, -0.2) is 0 Å². The minimum Gasteiger partial charge on any atom is -0.342 e. The molecule has 0 aliphatic carbocycles. The van der Waals surface area contributed by atoms with Gasteiger partial charge in [-0.05, 0) is 30.2 Å². The first kappa shape index (κ1) is 13.5. The largest absolute Gasteiger partial charge is 0.342 e. The second-order valence-electron chi connectivity index (χ2n) is 6.34. The Balaban J connectivity index is 2.52. The highest BCUT2D eigenvalue weighted by Gasteiger charge is 2.29. The zero-order chi connectivity index (χ0) is 12.3. The van der Waals surface area contributed by atoms with E-state index in [1.54, 1.807) is 0 Å². The van der Waals surface area contributed by atoms with Gasteiger partial charge in [-0.2, -0.15) is 0 Å². The molecule has 0 spiro atoms. The number of likely N-dealkylation sites (tertiary alicyclic amines) is 1. The average Bonchev–Trinajstić information content (AvgIpc) is 2.15. The molecule has 1 saturated heterocycles. The molecule has 1 heterocycles. The fourth-order valence-electron chi connectivity index (χ4n) is 2.25. The van der Waals surface area contributed by atoms with Crippen LogP contribution in [0.2, 0.25) is 0 Å². The maximum atomic E-state index is 12.1. The standard InChI is InChI=1S/C13H26N2O/c1-10-5-6-15(9-11(10)8-14)12(16)7-13(2,3)4/h10-11H,5-9,14H2,1-4H3. The van der Waals surface area contributed by atoms with Crippen molar-refractivity contribution in [3.8, 4) is 0 Å². The second kappa shape index (κ2) is 5.17. The molecule has 0 aromatic rings. The van der Waals surface area contributed by atoms with Crippen LogP contribution in [0.4, 0.5) is 0 Å².